The molecule has 6 heteroatoms. The molecule has 0 spiro atoms. The molecule has 3 aromatic carbocycles. The fraction of sp³-hybridized carbons (Fsp3) is 0.0455. The molecule has 0 saturated heterocycles. The number of benzene rings is 3. The highest BCUT2D eigenvalue weighted by Gasteiger charge is 2.30. The van der Waals surface area contributed by atoms with Gasteiger partial charge in [0.25, 0.3) is 5.91 Å². The van der Waals surface area contributed by atoms with Gasteiger partial charge in [-0.05, 0) is 34.9 Å². The molecule has 0 aliphatic heterocycles. The average Bonchev–Trinajstić information content (AvgIpc) is 3.00. The van der Waals surface area contributed by atoms with E-state index in [1.54, 1.807) is 42.5 Å². The van der Waals surface area contributed by atoms with Crippen LogP contribution in [0, 0.1) is 0 Å². The first kappa shape index (κ1) is 17.6. The third-order valence-corrected chi connectivity index (χ3v) is 4.77. The topological polar surface area (TPSA) is 109 Å². The molecule has 0 fully saturated rings. The highest BCUT2D eigenvalue weighted by molar-refractivity contribution is 6.26. The van der Waals surface area contributed by atoms with E-state index in [9.17, 15) is 14.4 Å². The fourth-order valence-electron chi connectivity index (χ4n) is 3.41. The second kappa shape index (κ2) is 6.75. The number of nitrogens with two attached hydrogens (primary N) is 1. The minimum atomic E-state index is -1.19. The predicted octanol–water partition coefficient (Wildman–Crippen LogP) is 3.23. The molecule has 1 atom stereocenters. The van der Waals surface area contributed by atoms with Crippen molar-refractivity contribution >= 4 is 23.3 Å². The maximum atomic E-state index is 12.9. The average molecular weight is 372 g/mol. The standard InChI is InChI=1S/C22H16N2O4/c23-19(22(27)28)12-5-3-6-13(11-12)24-21(26)17-10-4-9-15-14-7-1-2-8-16(14)20(25)18(15)17/h1-11,19H,23H2,(H,24,26)(H,27,28). The van der Waals surface area contributed by atoms with Gasteiger partial charge in [0.1, 0.15) is 6.04 Å². The number of carbonyl (C=O) groups excluding carboxylic acids is 2. The Kier molecular flexibility index (Phi) is 4.25. The molecule has 4 N–H and O–H groups in total. The molecule has 1 unspecified atom stereocenters. The Morgan fingerprint density at radius 1 is 0.893 bits per heavy atom. The SMILES string of the molecule is NC(C(=O)O)c1cccc(NC(=O)c2cccc3c2C(=O)c2ccccc2-3)c1. The maximum Gasteiger partial charge on any atom is 0.325 e. The number of aliphatic carboxylic acids is 1. The van der Waals surface area contributed by atoms with Gasteiger partial charge in [-0.2, -0.15) is 0 Å². The molecule has 0 saturated carbocycles. The Hall–Kier alpha value is -3.77. The second-order valence-corrected chi connectivity index (χ2v) is 6.50. The maximum absolute atomic E-state index is 12.9. The molecule has 3 aromatic rings. The summed E-state index contributed by atoms with van der Waals surface area (Å²) in [5, 5.41) is 11.8. The Bertz CT molecular complexity index is 1140. The summed E-state index contributed by atoms with van der Waals surface area (Å²) in [4.78, 5) is 36.8. The molecule has 4 rings (SSSR count). The van der Waals surface area contributed by atoms with Crippen LogP contribution in [0.15, 0.2) is 66.7 Å². The van der Waals surface area contributed by atoms with E-state index >= 15 is 0 Å². The van der Waals surface area contributed by atoms with Gasteiger partial charge in [0, 0.05) is 16.8 Å². The Labute approximate surface area is 160 Å². The van der Waals surface area contributed by atoms with Gasteiger partial charge in [0.05, 0.1) is 5.56 Å². The molecule has 0 aromatic heterocycles. The lowest BCUT2D eigenvalue weighted by Crippen LogP contribution is -2.21. The lowest BCUT2D eigenvalue weighted by atomic mass is 10.00. The zero-order chi connectivity index (χ0) is 19.8. The lowest BCUT2D eigenvalue weighted by molar-refractivity contribution is -0.138. The fourth-order valence-corrected chi connectivity index (χ4v) is 3.41. The predicted molar refractivity (Wildman–Crippen MR) is 104 cm³/mol. The Morgan fingerprint density at radius 3 is 2.32 bits per heavy atom. The third kappa shape index (κ3) is 2.86. The number of hydrogen-bond acceptors (Lipinski definition) is 4. The first-order chi connectivity index (χ1) is 13.5. The molecule has 1 aliphatic rings. The second-order valence-electron chi connectivity index (χ2n) is 6.50. The first-order valence-electron chi connectivity index (χ1n) is 8.64. The normalized spacial score (nSPS) is 12.8. The van der Waals surface area contributed by atoms with Gasteiger partial charge in [-0.15, -0.1) is 0 Å². The number of rotatable bonds is 4. The molecule has 1 aliphatic carbocycles. The number of ketones is 1. The van der Waals surface area contributed by atoms with Crippen LogP contribution in [-0.2, 0) is 4.79 Å². The monoisotopic (exact) mass is 372 g/mol. The van der Waals surface area contributed by atoms with Crippen LogP contribution in [0.4, 0.5) is 5.69 Å². The molecule has 1 amide bonds. The summed E-state index contributed by atoms with van der Waals surface area (Å²) < 4.78 is 0. The first-order valence-corrected chi connectivity index (χ1v) is 8.64. The van der Waals surface area contributed by atoms with Crippen molar-refractivity contribution in [2.75, 3.05) is 5.32 Å². The number of carboxylic acid groups (broad SMARTS) is 1. The van der Waals surface area contributed by atoms with E-state index < -0.39 is 17.9 Å². The summed E-state index contributed by atoms with van der Waals surface area (Å²) in [6, 6.07) is 17.6. The van der Waals surface area contributed by atoms with E-state index in [1.807, 2.05) is 18.2 Å². The van der Waals surface area contributed by atoms with Gasteiger partial charge in [-0.3, -0.25) is 14.4 Å². The number of nitrogens with one attached hydrogen (secondary N) is 1. The number of carbonyl (C=O) groups is 3. The molecule has 0 heterocycles. The molecule has 0 radical (unpaired) electrons. The summed E-state index contributed by atoms with van der Waals surface area (Å²) in [5.41, 5.74) is 9.17. The molecular formula is C22H16N2O4. The number of hydrogen-bond donors (Lipinski definition) is 3. The number of carboxylic acids is 1. The van der Waals surface area contributed by atoms with Crippen LogP contribution >= 0.6 is 0 Å². The van der Waals surface area contributed by atoms with Crippen LogP contribution in [0.25, 0.3) is 11.1 Å². The molecule has 0 bridgehead atoms. The van der Waals surface area contributed by atoms with Crippen molar-refractivity contribution in [2.45, 2.75) is 6.04 Å². The van der Waals surface area contributed by atoms with Gasteiger partial charge in [0.15, 0.2) is 5.78 Å². The van der Waals surface area contributed by atoms with Crippen molar-refractivity contribution in [3.05, 3.63) is 89.0 Å². The van der Waals surface area contributed by atoms with Crippen molar-refractivity contribution in [2.24, 2.45) is 5.73 Å². The summed E-state index contributed by atoms with van der Waals surface area (Å²) in [6.45, 7) is 0. The lowest BCUT2D eigenvalue weighted by Gasteiger charge is -2.11. The van der Waals surface area contributed by atoms with Crippen LogP contribution in [-0.4, -0.2) is 22.8 Å². The van der Waals surface area contributed by atoms with E-state index in [0.717, 1.165) is 11.1 Å². The van der Waals surface area contributed by atoms with Crippen LogP contribution in [0.3, 0.4) is 0 Å². The zero-order valence-corrected chi connectivity index (χ0v) is 14.7. The van der Waals surface area contributed by atoms with E-state index in [2.05, 4.69) is 5.32 Å². The van der Waals surface area contributed by atoms with Crippen LogP contribution < -0.4 is 11.1 Å². The van der Waals surface area contributed by atoms with E-state index in [4.69, 9.17) is 10.8 Å². The zero-order valence-electron chi connectivity index (χ0n) is 14.7. The van der Waals surface area contributed by atoms with Crippen LogP contribution in [0.1, 0.15) is 37.9 Å². The smallest absolute Gasteiger partial charge is 0.325 e. The molecule has 6 nitrogen and oxygen atoms in total. The van der Waals surface area contributed by atoms with Crippen molar-refractivity contribution in [3.8, 4) is 11.1 Å². The third-order valence-electron chi connectivity index (χ3n) is 4.77. The van der Waals surface area contributed by atoms with Gasteiger partial charge in [-0.25, -0.2) is 0 Å². The Morgan fingerprint density at radius 2 is 1.57 bits per heavy atom. The summed E-state index contributed by atoms with van der Waals surface area (Å²) in [6.07, 6.45) is 0. The minimum absolute atomic E-state index is 0.182. The summed E-state index contributed by atoms with van der Waals surface area (Å²) in [5.74, 6) is -1.79. The van der Waals surface area contributed by atoms with Crippen molar-refractivity contribution < 1.29 is 19.5 Å². The molecular weight excluding hydrogens is 356 g/mol. The van der Waals surface area contributed by atoms with E-state index in [-0.39, 0.29) is 11.3 Å². The summed E-state index contributed by atoms with van der Waals surface area (Å²) in [7, 11) is 0. The summed E-state index contributed by atoms with van der Waals surface area (Å²) >= 11 is 0. The molecule has 28 heavy (non-hydrogen) atoms. The molecule has 138 valence electrons. The van der Waals surface area contributed by atoms with Gasteiger partial charge >= 0.3 is 5.97 Å². The number of amides is 1. The minimum Gasteiger partial charge on any atom is -0.480 e. The van der Waals surface area contributed by atoms with Crippen LogP contribution in [0.5, 0.6) is 0 Å². The van der Waals surface area contributed by atoms with Crippen LogP contribution in [0.2, 0.25) is 0 Å². The van der Waals surface area contributed by atoms with Gasteiger partial charge in [-0.1, -0.05) is 48.5 Å². The van der Waals surface area contributed by atoms with Gasteiger partial charge in [0.2, 0.25) is 0 Å². The van der Waals surface area contributed by atoms with E-state index in [0.29, 0.717) is 22.4 Å². The highest BCUT2D eigenvalue weighted by atomic mass is 16.4. The van der Waals surface area contributed by atoms with Crippen molar-refractivity contribution in [1.82, 2.24) is 0 Å². The number of fused-ring (bicyclic) bond motifs is 3. The van der Waals surface area contributed by atoms with Crippen molar-refractivity contribution in [1.29, 1.82) is 0 Å². The van der Waals surface area contributed by atoms with Gasteiger partial charge < -0.3 is 16.2 Å². The highest BCUT2D eigenvalue weighted by Crippen LogP contribution is 2.38. The van der Waals surface area contributed by atoms with Crippen molar-refractivity contribution in [3.63, 3.8) is 0 Å². The largest absolute Gasteiger partial charge is 0.480 e. The quantitative estimate of drug-likeness (QED) is 0.509. The Balaban J connectivity index is 1.68. The number of anilines is 1. The van der Waals surface area contributed by atoms with E-state index in [1.165, 1.54) is 6.07 Å².